The summed E-state index contributed by atoms with van der Waals surface area (Å²) in [5, 5.41) is 21.9. The Balaban J connectivity index is 0.742. The Hall–Kier alpha value is -5.74. The Labute approximate surface area is 356 Å². The molecular weight excluding hydrogens is 785 g/mol. The molecule has 61 heavy (non-hydrogen) atoms. The van der Waals surface area contributed by atoms with Gasteiger partial charge in [0.1, 0.15) is 0 Å². The molecule has 324 valence electrons. The lowest BCUT2D eigenvalue weighted by molar-refractivity contribution is -0.123. The van der Waals surface area contributed by atoms with Gasteiger partial charge in [-0.15, -0.1) is 20.4 Å². The van der Waals surface area contributed by atoms with Gasteiger partial charge in [-0.2, -0.15) is 0 Å². The number of ether oxygens (including phenoxy) is 6. The molecule has 0 radical (unpaired) electrons. The summed E-state index contributed by atoms with van der Waals surface area (Å²) in [5.41, 5.74) is 4.28. The maximum Gasteiger partial charge on any atom is 0.227 e. The summed E-state index contributed by atoms with van der Waals surface area (Å²) in [6.07, 6.45) is 4.89. The first kappa shape index (κ1) is 46.3. The Bertz CT molecular complexity index is 1980. The van der Waals surface area contributed by atoms with Gasteiger partial charge < -0.3 is 44.0 Å². The van der Waals surface area contributed by atoms with Crippen molar-refractivity contribution in [2.24, 2.45) is 0 Å². The molecule has 3 heterocycles. The van der Waals surface area contributed by atoms with E-state index in [1.807, 2.05) is 48.5 Å². The zero-order chi connectivity index (χ0) is 42.6. The minimum absolute atomic E-state index is 0.0409. The zero-order valence-electron chi connectivity index (χ0n) is 34.4. The average Bonchev–Trinajstić information content (AvgIpc) is 3.28. The topological polar surface area (TPSA) is 198 Å². The molecule has 3 amide bonds. The lowest BCUT2D eigenvalue weighted by Gasteiger charge is -2.26. The number of carbonyl (C=O) groups excluding carboxylic acids is 3. The summed E-state index contributed by atoms with van der Waals surface area (Å²) in [4.78, 5) is 43.5. The Kier molecular flexibility index (Phi) is 21.2. The number of benzene rings is 2. The van der Waals surface area contributed by atoms with Gasteiger partial charge in [0.2, 0.25) is 23.5 Å². The first-order valence-electron chi connectivity index (χ1n) is 20.5. The minimum Gasteiger partial charge on any atom is -0.379 e. The predicted octanol–water partition coefficient (Wildman–Crippen LogP) is 2.71. The number of amides is 3. The smallest absolute Gasteiger partial charge is 0.227 e. The number of hydrogen-bond donors (Lipinski definition) is 2. The highest BCUT2D eigenvalue weighted by Gasteiger charge is 2.21. The van der Waals surface area contributed by atoms with Crippen molar-refractivity contribution in [3.8, 4) is 23.2 Å². The predicted molar refractivity (Wildman–Crippen MR) is 224 cm³/mol. The highest BCUT2D eigenvalue weighted by molar-refractivity contribution is 5.95. The zero-order valence-corrected chi connectivity index (χ0v) is 34.4. The van der Waals surface area contributed by atoms with Gasteiger partial charge in [-0.1, -0.05) is 42.2 Å². The fourth-order valence-electron chi connectivity index (χ4n) is 5.83. The Morgan fingerprint density at radius 1 is 0.574 bits per heavy atom. The second-order valence-electron chi connectivity index (χ2n) is 13.5. The van der Waals surface area contributed by atoms with E-state index in [0.717, 1.165) is 27.9 Å². The molecule has 17 nitrogen and oxygen atoms in total. The lowest BCUT2D eigenvalue weighted by atomic mass is 10.0. The van der Waals surface area contributed by atoms with Crippen LogP contribution < -0.4 is 15.5 Å². The van der Waals surface area contributed by atoms with Gasteiger partial charge in [-0.3, -0.25) is 19.4 Å². The lowest BCUT2D eigenvalue weighted by Crippen LogP contribution is -2.32. The molecule has 0 fully saturated rings. The summed E-state index contributed by atoms with van der Waals surface area (Å²) >= 11 is 0. The molecule has 1 aliphatic rings. The first-order chi connectivity index (χ1) is 30.1. The number of aromatic nitrogens is 5. The van der Waals surface area contributed by atoms with Crippen LogP contribution in [-0.4, -0.2) is 135 Å². The second-order valence-corrected chi connectivity index (χ2v) is 13.5. The second kappa shape index (κ2) is 27.9. The monoisotopic (exact) mass is 838 g/mol. The molecule has 2 aromatic carbocycles. The number of rotatable bonds is 29. The van der Waals surface area contributed by atoms with Crippen molar-refractivity contribution >= 4 is 23.4 Å². The molecule has 0 bridgehead atoms. The van der Waals surface area contributed by atoms with Crippen LogP contribution in [0.4, 0.5) is 5.69 Å². The molecule has 0 unspecified atom stereocenters. The van der Waals surface area contributed by atoms with Crippen molar-refractivity contribution in [3.63, 3.8) is 0 Å². The van der Waals surface area contributed by atoms with Crippen LogP contribution >= 0.6 is 0 Å². The molecule has 0 saturated heterocycles. The van der Waals surface area contributed by atoms with Crippen molar-refractivity contribution in [1.82, 2.24) is 36.0 Å². The highest BCUT2D eigenvalue weighted by atomic mass is 16.6. The van der Waals surface area contributed by atoms with Crippen molar-refractivity contribution in [1.29, 1.82) is 0 Å². The molecule has 0 spiro atoms. The molecule has 0 saturated carbocycles. The summed E-state index contributed by atoms with van der Waals surface area (Å²) in [6, 6.07) is 19.1. The van der Waals surface area contributed by atoms with Gasteiger partial charge in [0.15, 0.2) is 5.82 Å². The van der Waals surface area contributed by atoms with Crippen LogP contribution in [0.2, 0.25) is 0 Å². The third kappa shape index (κ3) is 17.8. The van der Waals surface area contributed by atoms with Crippen molar-refractivity contribution < 1.29 is 42.8 Å². The van der Waals surface area contributed by atoms with Crippen molar-refractivity contribution in [3.05, 3.63) is 95.6 Å². The summed E-state index contributed by atoms with van der Waals surface area (Å²) < 4.78 is 33.0. The van der Waals surface area contributed by atoms with Gasteiger partial charge in [0, 0.05) is 67.9 Å². The molecule has 5 rings (SSSR count). The average molecular weight is 839 g/mol. The van der Waals surface area contributed by atoms with E-state index in [-0.39, 0.29) is 43.6 Å². The number of anilines is 1. The quantitative estimate of drug-likeness (QED) is 0.0598. The summed E-state index contributed by atoms with van der Waals surface area (Å²) in [6.45, 7) is 6.02. The number of pyridine rings is 1. The van der Waals surface area contributed by atoms with Crippen LogP contribution in [0.1, 0.15) is 48.2 Å². The SMILES string of the molecule is O=C(CCCC(=O)N1Cc2ccccc2C#Cc2ccccc21)NCCOCCOCCOCCOCCOCCOCCC(=O)NCCc1nnc(-c2ccncc2)nn1. The van der Waals surface area contributed by atoms with E-state index in [0.29, 0.717) is 117 Å². The van der Waals surface area contributed by atoms with Gasteiger partial charge in [0.05, 0.1) is 91.5 Å². The Morgan fingerprint density at radius 2 is 1.11 bits per heavy atom. The van der Waals surface area contributed by atoms with E-state index in [1.54, 1.807) is 29.4 Å². The Morgan fingerprint density at radius 3 is 1.79 bits per heavy atom. The molecule has 2 N–H and O–H groups in total. The highest BCUT2D eigenvalue weighted by Crippen LogP contribution is 2.26. The minimum atomic E-state index is -0.129. The van der Waals surface area contributed by atoms with Crippen LogP contribution in [0.15, 0.2) is 73.1 Å². The van der Waals surface area contributed by atoms with Crippen molar-refractivity contribution in [2.75, 3.05) is 97.3 Å². The third-order valence-corrected chi connectivity index (χ3v) is 9.00. The van der Waals surface area contributed by atoms with Gasteiger partial charge in [-0.25, -0.2) is 0 Å². The largest absolute Gasteiger partial charge is 0.379 e. The maximum atomic E-state index is 13.3. The molecule has 17 heteroatoms. The number of nitrogens with one attached hydrogen (secondary N) is 2. The summed E-state index contributed by atoms with van der Waals surface area (Å²) in [7, 11) is 0. The number of para-hydroxylation sites is 1. The van der Waals surface area contributed by atoms with E-state index in [4.69, 9.17) is 28.4 Å². The molecular formula is C44H54N8O9. The normalized spacial score (nSPS) is 11.7. The molecule has 1 aliphatic heterocycles. The summed E-state index contributed by atoms with van der Waals surface area (Å²) in [5.74, 6) is 7.00. The van der Waals surface area contributed by atoms with Crippen LogP contribution in [0.5, 0.6) is 0 Å². The van der Waals surface area contributed by atoms with Crippen LogP contribution in [-0.2, 0) is 55.8 Å². The van der Waals surface area contributed by atoms with E-state index < -0.39 is 0 Å². The van der Waals surface area contributed by atoms with E-state index in [2.05, 4.69) is 47.9 Å². The van der Waals surface area contributed by atoms with Crippen LogP contribution in [0.3, 0.4) is 0 Å². The van der Waals surface area contributed by atoms with E-state index in [9.17, 15) is 14.4 Å². The number of fused-ring (bicyclic) bond motifs is 2. The molecule has 4 aromatic rings. The van der Waals surface area contributed by atoms with Crippen molar-refractivity contribution in [2.45, 2.75) is 38.6 Å². The number of nitrogens with zero attached hydrogens (tertiary/aromatic N) is 6. The number of hydrogen-bond acceptors (Lipinski definition) is 14. The first-order valence-corrected chi connectivity index (χ1v) is 20.5. The third-order valence-electron chi connectivity index (χ3n) is 9.00. The molecule has 2 aromatic heterocycles. The fourth-order valence-corrected chi connectivity index (χ4v) is 5.83. The van der Waals surface area contributed by atoms with E-state index >= 15 is 0 Å². The maximum absolute atomic E-state index is 13.3. The standard InChI is InChI=1S/C44H54N8O9/c53-41(10-5-11-43(55)52-34-38-8-2-1-6-35(38)12-13-36-7-3-4-9-39(36)52)47-21-23-57-25-27-59-29-31-61-33-32-60-30-28-58-26-24-56-22-17-42(54)46-20-16-40-48-50-44(51-49-40)37-14-18-45-19-15-37/h1-4,6-9,14-15,18-19H,5,10-11,16-17,20-34H2,(H,46,54)(H,47,53). The van der Waals surface area contributed by atoms with Gasteiger partial charge >= 0.3 is 0 Å². The molecule has 0 atom stereocenters. The van der Waals surface area contributed by atoms with Crippen LogP contribution in [0, 0.1) is 11.8 Å². The van der Waals surface area contributed by atoms with Gasteiger partial charge in [-0.05, 0) is 42.3 Å². The van der Waals surface area contributed by atoms with E-state index in [1.165, 1.54) is 0 Å². The fraction of sp³-hybridized carbons (Fsp3) is 0.455. The van der Waals surface area contributed by atoms with Gasteiger partial charge in [0.25, 0.3) is 0 Å². The van der Waals surface area contributed by atoms with Crippen LogP contribution in [0.25, 0.3) is 11.4 Å². The molecule has 0 aliphatic carbocycles. The number of carbonyl (C=O) groups is 3.